The smallest absolute Gasteiger partial charge is 0.123 e. The Morgan fingerprint density at radius 1 is 0.846 bits per heavy atom. The second-order valence-electron chi connectivity index (χ2n) is 9.22. The number of rotatable bonds is 8. The van der Waals surface area contributed by atoms with Gasteiger partial charge < -0.3 is 0 Å². The third kappa shape index (κ3) is 6.22. The van der Waals surface area contributed by atoms with Gasteiger partial charge in [0.05, 0.1) is 0 Å². The van der Waals surface area contributed by atoms with Gasteiger partial charge in [-0.15, -0.1) is 0 Å². The Kier molecular flexibility index (Phi) is 8.23. The van der Waals surface area contributed by atoms with Crippen LogP contribution in [0.5, 0.6) is 0 Å². The Labute approximate surface area is 162 Å². The summed E-state index contributed by atoms with van der Waals surface area (Å²) in [5.74, 6) is 1.90. The van der Waals surface area contributed by atoms with Crippen molar-refractivity contribution in [2.45, 2.75) is 102 Å². The Hall–Kier alpha value is -0.633. The molecule has 146 valence electrons. The maximum atomic E-state index is 13.0. The first kappa shape index (κ1) is 20.1. The zero-order chi connectivity index (χ0) is 18.2. The molecular formula is C24H39FSi. The molecule has 1 aromatic carbocycles. The molecule has 2 fully saturated rings. The molecule has 0 N–H and O–H groups in total. The molecule has 3 rings (SSSR count). The predicted molar refractivity (Wildman–Crippen MR) is 114 cm³/mol. The fourth-order valence-electron chi connectivity index (χ4n) is 5.60. The Morgan fingerprint density at radius 2 is 1.50 bits per heavy atom. The number of hydrogen-bond donors (Lipinski definition) is 0. The van der Waals surface area contributed by atoms with Gasteiger partial charge in [0.25, 0.3) is 0 Å². The van der Waals surface area contributed by atoms with Crippen LogP contribution in [-0.2, 0) is 6.42 Å². The van der Waals surface area contributed by atoms with Gasteiger partial charge in [0.1, 0.15) is 5.82 Å². The molecule has 0 atom stereocenters. The van der Waals surface area contributed by atoms with Crippen LogP contribution in [0.3, 0.4) is 0 Å². The first-order chi connectivity index (χ1) is 12.7. The third-order valence-corrected chi connectivity index (χ3v) is 11.6. The first-order valence-electron chi connectivity index (χ1n) is 11.5. The molecular weight excluding hydrogens is 335 g/mol. The second kappa shape index (κ2) is 10.6. The molecule has 0 nitrogen and oxygen atoms in total. The SMILES string of the molecule is CCCCC[C@H]1CC[C@H]([SiH]2CCC(CCc3ccc(F)cc3)CC2)CC1. The van der Waals surface area contributed by atoms with Gasteiger partial charge in [-0.05, 0) is 47.9 Å². The maximum Gasteiger partial charge on any atom is 0.123 e. The van der Waals surface area contributed by atoms with E-state index < -0.39 is 8.80 Å². The summed E-state index contributed by atoms with van der Waals surface area (Å²) in [5.41, 5.74) is 2.49. The van der Waals surface area contributed by atoms with Crippen LogP contribution in [0.1, 0.15) is 83.1 Å². The summed E-state index contributed by atoms with van der Waals surface area (Å²) in [7, 11) is -0.462. The normalized spacial score (nSPS) is 29.6. The van der Waals surface area contributed by atoms with Gasteiger partial charge in [-0.3, -0.25) is 0 Å². The zero-order valence-corrected chi connectivity index (χ0v) is 18.1. The molecule has 0 bridgehead atoms. The summed E-state index contributed by atoms with van der Waals surface area (Å²) in [6.07, 6.45) is 17.5. The summed E-state index contributed by atoms with van der Waals surface area (Å²) in [6.45, 7) is 2.32. The van der Waals surface area contributed by atoms with Crippen LogP contribution < -0.4 is 0 Å². The lowest BCUT2D eigenvalue weighted by molar-refractivity contribution is 0.323. The largest absolute Gasteiger partial charge is 0.207 e. The lowest BCUT2D eigenvalue weighted by atomic mass is 9.85. The van der Waals surface area contributed by atoms with Crippen LogP contribution >= 0.6 is 0 Å². The number of benzene rings is 1. The molecule has 26 heavy (non-hydrogen) atoms. The highest BCUT2D eigenvalue weighted by atomic mass is 28.3. The van der Waals surface area contributed by atoms with Crippen LogP contribution in [-0.4, -0.2) is 8.80 Å². The van der Waals surface area contributed by atoms with E-state index in [2.05, 4.69) is 6.92 Å². The molecule has 1 heterocycles. The summed E-state index contributed by atoms with van der Waals surface area (Å²) < 4.78 is 13.0. The minimum absolute atomic E-state index is 0.111. The molecule has 2 aliphatic rings. The molecule has 1 aromatic rings. The van der Waals surface area contributed by atoms with Crippen molar-refractivity contribution < 1.29 is 4.39 Å². The van der Waals surface area contributed by atoms with Gasteiger partial charge in [-0.2, -0.15) is 0 Å². The molecule has 0 aromatic heterocycles. The molecule has 1 saturated heterocycles. The van der Waals surface area contributed by atoms with Gasteiger partial charge in [0, 0.05) is 8.80 Å². The highest BCUT2D eigenvalue weighted by Crippen LogP contribution is 2.42. The van der Waals surface area contributed by atoms with Gasteiger partial charge in [0.2, 0.25) is 0 Å². The van der Waals surface area contributed by atoms with Crippen LogP contribution in [0.25, 0.3) is 0 Å². The van der Waals surface area contributed by atoms with Crippen molar-refractivity contribution in [3.05, 3.63) is 35.6 Å². The molecule has 2 heteroatoms. The number of hydrogen-bond acceptors (Lipinski definition) is 0. The fraction of sp³-hybridized carbons (Fsp3) is 0.750. The molecule has 1 aliphatic heterocycles. The number of aryl methyl sites for hydroxylation is 1. The highest BCUT2D eigenvalue weighted by Gasteiger charge is 2.31. The molecule has 0 unspecified atom stereocenters. The topological polar surface area (TPSA) is 0 Å². The molecule has 0 radical (unpaired) electrons. The van der Waals surface area contributed by atoms with Crippen molar-refractivity contribution >= 4 is 8.80 Å². The quantitative estimate of drug-likeness (QED) is 0.326. The van der Waals surface area contributed by atoms with Crippen LogP contribution in [0.4, 0.5) is 4.39 Å². The van der Waals surface area contributed by atoms with E-state index in [4.69, 9.17) is 0 Å². The first-order valence-corrected chi connectivity index (χ1v) is 13.8. The lowest BCUT2D eigenvalue weighted by Crippen LogP contribution is -2.29. The molecule has 1 aliphatic carbocycles. The average molecular weight is 375 g/mol. The Bertz CT molecular complexity index is 495. The Balaban J connectivity index is 1.32. The molecule has 1 saturated carbocycles. The summed E-state index contributed by atoms with van der Waals surface area (Å²) >= 11 is 0. The summed E-state index contributed by atoms with van der Waals surface area (Å²) in [6, 6.07) is 10.4. The van der Waals surface area contributed by atoms with E-state index in [9.17, 15) is 4.39 Å². The van der Waals surface area contributed by atoms with Crippen molar-refractivity contribution in [1.29, 1.82) is 0 Å². The van der Waals surface area contributed by atoms with Gasteiger partial charge in [-0.25, -0.2) is 4.39 Å². The van der Waals surface area contributed by atoms with Crippen molar-refractivity contribution in [1.82, 2.24) is 0 Å². The average Bonchev–Trinajstić information content (AvgIpc) is 2.69. The van der Waals surface area contributed by atoms with Crippen molar-refractivity contribution in [2.24, 2.45) is 11.8 Å². The molecule has 0 spiro atoms. The minimum atomic E-state index is -0.462. The van der Waals surface area contributed by atoms with Gasteiger partial charge in [0.15, 0.2) is 0 Å². The van der Waals surface area contributed by atoms with E-state index in [-0.39, 0.29) is 5.82 Å². The van der Waals surface area contributed by atoms with E-state index in [0.29, 0.717) is 0 Å². The van der Waals surface area contributed by atoms with Crippen molar-refractivity contribution in [3.8, 4) is 0 Å². The van der Waals surface area contributed by atoms with E-state index in [1.54, 1.807) is 49.9 Å². The Morgan fingerprint density at radius 3 is 2.15 bits per heavy atom. The summed E-state index contributed by atoms with van der Waals surface area (Å²) in [5, 5.41) is 0. The van der Waals surface area contributed by atoms with E-state index in [1.165, 1.54) is 56.1 Å². The van der Waals surface area contributed by atoms with Gasteiger partial charge in [-0.1, -0.05) is 95.4 Å². The van der Waals surface area contributed by atoms with Gasteiger partial charge >= 0.3 is 0 Å². The number of halogens is 1. The maximum absolute atomic E-state index is 13.0. The standard InChI is InChI=1S/C24H39FSi/c1-2-3-4-5-20-10-14-24(15-11-20)26-18-16-22(17-19-26)7-6-21-8-12-23(25)13-9-21/h8-9,12-13,20,22,24,26H,2-7,10-11,14-19H2,1H3/t20-,22?,24-,26?. The van der Waals surface area contributed by atoms with E-state index in [1.807, 2.05) is 12.1 Å². The van der Waals surface area contributed by atoms with Crippen LogP contribution in [0, 0.1) is 17.7 Å². The van der Waals surface area contributed by atoms with Crippen molar-refractivity contribution in [3.63, 3.8) is 0 Å². The van der Waals surface area contributed by atoms with Crippen molar-refractivity contribution in [2.75, 3.05) is 0 Å². The van der Waals surface area contributed by atoms with Crippen LogP contribution in [0.2, 0.25) is 17.6 Å². The monoisotopic (exact) mass is 374 g/mol. The minimum Gasteiger partial charge on any atom is -0.207 e. The fourth-order valence-corrected chi connectivity index (χ4v) is 9.96. The zero-order valence-electron chi connectivity index (χ0n) is 16.9. The third-order valence-electron chi connectivity index (χ3n) is 7.42. The lowest BCUT2D eigenvalue weighted by Gasteiger charge is -2.37. The summed E-state index contributed by atoms with van der Waals surface area (Å²) in [4.78, 5) is 0. The van der Waals surface area contributed by atoms with Crippen LogP contribution in [0.15, 0.2) is 24.3 Å². The van der Waals surface area contributed by atoms with E-state index in [0.717, 1.165) is 18.3 Å². The highest BCUT2D eigenvalue weighted by molar-refractivity contribution is 6.60. The predicted octanol–water partition coefficient (Wildman–Crippen LogP) is 7.54. The second-order valence-corrected chi connectivity index (χ2v) is 12.8. The molecule has 0 amide bonds. The van der Waals surface area contributed by atoms with E-state index >= 15 is 0 Å². The number of unbranched alkanes of at least 4 members (excludes halogenated alkanes) is 2.